The van der Waals surface area contributed by atoms with E-state index in [1.807, 2.05) is 52.3 Å². The molecule has 2 aromatic carbocycles. The van der Waals surface area contributed by atoms with Crippen molar-refractivity contribution < 1.29 is 14.1 Å². The summed E-state index contributed by atoms with van der Waals surface area (Å²) >= 11 is 0. The molecule has 0 radical (unpaired) electrons. The molecule has 2 aliphatic heterocycles. The van der Waals surface area contributed by atoms with Gasteiger partial charge in [0.1, 0.15) is 5.76 Å². The quantitative estimate of drug-likeness (QED) is 0.637. The number of hydrogen-bond acceptors (Lipinski definition) is 5. The predicted octanol–water partition coefficient (Wildman–Crippen LogP) is 2.93. The monoisotopic (exact) mass is 430 g/mol. The molecule has 2 amide bonds. The van der Waals surface area contributed by atoms with Crippen LogP contribution >= 0.6 is 0 Å². The number of carbonyl (C=O) groups is 2. The van der Waals surface area contributed by atoms with Crippen molar-refractivity contribution in [2.24, 2.45) is 0 Å². The van der Waals surface area contributed by atoms with Crippen LogP contribution in [0.5, 0.6) is 0 Å². The van der Waals surface area contributed by atoms with Gasteiger partial charge in [0.2, 0.25) is 0 Å². The Hall–Kier alpha value is -3.45. The zero-order valence-corrected chi connectivity index (χ0v) is 18.1. The zero-order valence-electron chi connectivity index (χ0n) is 18.1. The molecular formula is C25H26N4O3. The molecular weight excluding hydrogens is 404 g/mol. The number of likely N-dealkylation sites (tertiary alicyclic amines) is 1. The van der Waals surface area contributed by atoms with Crippen LogP contribution in [0, 0.1) is 6.92 Å². The molecule has 0 unspecified atom stereocenters. The SMILES string of the molecule is Cc1cc(C(=O)N2CCN(C3CN(C(=O)c4ccc(-c5ccccc5)cc4)C3)CC2)no1. The Morgan fingerprint density at radius 1 is 0.844 bits per heavy atom. The first-order chi connectivity index (χ1) is 15.6. The maximum atomic E-state index is 12.8. The van der Waals surface area contributed by atoms with E-state index in [1.165, 1.54) is 0 Å². The van der Waals surface area contributed by atoms with Gasteiger partial charge in [0.15, 0.2) is 5.69 Å². The Labute approximate surface area is 187 Å². The third kappa shape index (κ3) is 4.03. The minimum Gasteiger partial charge on any atom is -0.361 e. The number of piperazine rings is 1. The first-order valence-corrected chi connectivity index (χ1v) is 11.0. The Morgan fingerprint density at radius 2 is 1.50 bits per heavy atom. The molecule has 0 aliphatic carbocycles. The second kappa shape index (κ2) is 8.59. The van der Waals surface area contributed by atoms with Crippen LogP contribution in [0.2, 0.25) is 0 Å². The van der Waals surface area contributed by atoms with Gasteiger partial charge in [-0.05, 0) is 30.2 Å². The molecule has 0 bridgehead atoms. The van der Waals surface area contributed by atoms with Gasteiger partial charge in [0.05, 0.1) is 0 Å². The van der Waals surface area contributed by atoms with Crippen molar-refractivity contribution in [1.29, 1.82) is 0 Å². The van der Waals surface area contributed by atoms with Crippen molar-refractivity contribution in [3.63, 3.8) is 0 Å². The van der Waals surface area contributed by atoms with E-state index in [-0.39, 0.29) is 11.8 Å². The Balaban J connectivity index is 1.11. The highest BCUT2D eigenvalue weighted by atomic mass is 16.5. The Bertz CT molecular complexity index is 1100. The van der Waals surface area contributed by atoms with Crippen molar-refractivity contribution in [1.82, 2.24) is 19.9 Å². The van der Waals surface area contributed by atoms with Crippen molar-refractivity contribution in [3.8, 4) is 11.1 Å². The zero-order chi connectivity index (χ0) is 22.1. The van der Waals surface area contributed by atoms with Crippen LogP contribution < -0.4 is 0 Å². The summed E-state index contributed by atoms with van der Waals surface area (Å²) in [6.45, 7) is 6.18. The van der Waals surface area contributed by atoms with E-state index in [0.29, 0.717) is 30.6 Å². The van der Waals surface area contributed by atoms with Crippen LogP contribution in [0.1, 0.15) is 26.6 Å². The van der Waals surface area contributed by atoms with Crippen molar-refractivity contribution in [2.75, 3.05) is 39.3 Å². The van der Waals surface area contributed by atoms with Gasteiger partial charge < -0.3 is 14.3 Å². The second-order valence-corrected chi connectivity index (χ2v) is 8.46. The number of aromatic nitrogens is 1. The Kier molecular flexibility index (Phi) is 5.49. The highest BCUT2D eigenvalue weighted by Gasteiger charge is 2.37. The van der Waals surface area contributed by atoms with Gasteiger partial charge in [-0.25, -0.2) is 0 Å². The van der Waals surface area contributed by atoms with Gasteiger partial charge >= 0.3 is 0 Å². The maximum Gasteiger partial charge on any atom is 0.276 e. The van der Waals surface area contributed by atoms with E-state index in [4.69, 9.17) is 4.52 Å². The summed E-state index contributed by atoms with van der Waals surface area (Å²) in [7, 11) is 0. The molecule has 0 spiro atoms. The Morgan fingerprint density at radius 3 is 2.12 bits per heavy atom. The number of nitrogens with zero attached hydrogens (tertiary/aromatic N) is 4. The van der Waals surface area contributed by atoms with Crippen molar-refractivity contribution in [2.45, 2.75) is 13.0 Å². The van der Waals surface area contributed by atoms with E-state index >= 15 is 0 Å². The summed E-state index contributed by atoms with van der Waals surface area (Å²) in [5, 5.41) is 3.83. The number of aryl methyl sites for hydroxylation is 1. The normalized spacial score (nSPS) is 17.3. The molecule has 164 valence electrons. The van der Waals surface area contributed by atoms with Gasteiger partial charge in [-0.2, -0.15) is 0 Å². The van der Waals surface area contributed by atoms with E-state index in [1.54, 1.807) is 13.0 Å². The van der Waals surface area contributed by atoms with Crippen molar-refractivity contribution >= 4 is 11.8 Å². The largest absolute Gasteiger partial charge is 0.361 e. The summed E-state index contributed by atoms with van der Waals surface area (Å²) < 4.78 is 5.02. The van der Waals surface area contributed by atoms with Crippen LogP contribution in [-0.2, 0) is 0 Å². The van der Waals surface area contributed by atoms with Gasteiger partial charge in [-0.15, -0.1) is 0 Å². The lowest BCUT2D eigenvalue weighted by molar-refractivity contribution is 0.00836. The minimum atomic E-state index is -0.0779. The standard InChI is InChI=1S/C25H26N4O3/c1-18-15-23(26-32-18)25(31)28-13-11-27(12-14-28)22-16-29(17-22)24(30)21-9-7-20(8-10-21)19-5-3-2-4-6-19/h2-10,15,22H,11-14,16-17H2,1H3. The van der Waals surface area contributed by atoms with E-state index in [9.17, 15) is 9.59 Å². The van der Waals surface area contributed by atoms with E-state index in [2.05, 4.69) is 22.2 Å². The average Bonchev–Trinajstić information content (AvgIpc) is 3.25. The lowest BCUT2D eigenvalue weighted by atomic mass is 10.0. The van der Waals surface area contributed by atoms with Gasteiger partial charge in [0, 0.05) is 56.9 Å². The molecule has 1 aromatic heterocycles. The molecule has 2 saturated heterocycles. The number of amides is 2. The van der Waals surface area contributed by atoms with E-state index in [0.717, 1.165) is 42.9 Å². The van der Waals surface area contributed by atoms with Gasteiger partial charge in [0.25, 0.3) is 11.8 Å². The lowest BCUT2D eigenvalue weighted by Gasteiger charge is -2.48. The first kappa shape index (κ1) is 20.5. The number of hydrogen-bond donors (Lipinski definition) is 0. The predicted molar refractivity (Wildman–Crippen MR) is 120 cm³/mol. The summed E-state index contributed by atoms with van der Waals surface area (Å²) in [5.74, 6) is 0.642. The maximum absolute atomic E-state index is 12.8. The van der Waals surface area contributed by atoms with Crippen LogP contribution in [0.15, 0.2) is 65.2 Å². The van der Waals surface area contributed by atoms with Crippen LogP contribution in [-0.4, -0.2) is 77.0 Å². The fraction of sp³-hybridized carbons (Fsp3) is 0.320. The second-order valence-electron chi connectivity index (χ2n) is 8.46. The highest BCUT2D eigenvalue weighted by Crippen LogP contribution is 2.23. The lowest BCUT2D eigenvalue weighted by Crippen LogP contribution is -2.64. The van der Waals surface area contributed by atoms with Gasteiger partial charge in [-0.1, -0.05) is 47.6 Å². The smallest absolute Gasteiger partial charge is 0.276 e. The molecule has 3 heterocycles. The summed E-state index contributed by atoms with van der Waals surface area (Å²) in [5.41, 5.74) is 3.35. The summed E-state index contributed by atoms with van der Waals surface area (Å²) in [6, 6.07) is 20.0. The topological polar surface area (TPSA) is 69.9 Å². The number of benzene rings is 2. The molecule has 0 atom stereocenters. The third-order valence-electron chi connectivity index (χ3n) is 6.35. The van der Waals surface area contributed by atoms with E-state index < -0.39 is 0 Å². The fourth-order valence-corrected chi connectivity index (χ4v) is 4.39. The number of rotatable bonds is 4. The molecule has 3 aromatic rings. The molecule has 7 heteroatoms. The molecule has 32 heavy (non-hydrogen) atoms. The third-order valence-corrected chi connectivity index (χ3v) is 6.35. The summed E-state index contributed by atoms with van der Waals surface area (Å²) in [4.78, 5) is 31.5. The van der Waals surface area contributed by atoms with Gasteiger partial charge in [-0.3, -0.25) is 14.5 Å². The molecule has 5 rings (SSSR count). The first-order valence-electron chi connectivity index (χ1n) is 11.0. The fourth-order valence-electron chi connectivity index (χ4n) is 4.39. The highest BCUT2D eigenvalue weighted by molar-refractivity contribution is 5.95. The van der Waals surface area contributed by atoms with Crippen LogP contribution in [0.25, 0.3) is 11.1 Å². The number of carbonyl (C=O) groups excluding carboxylic acids is 2. The van der Waals surface area contributed by atoms with Crippen LogP contribution in [0.4, 0.5) is 0 Å². The van der Waals surface area contributed by atoms with Crippen LogP contribution in [0.3, 0.4) is 0 Å². The molecule has 2 fully saturated rings. The molecule has 0 N–H and O–H groups in total. The molecule has 2 aliphatic rings. The molecule has 7 nitrogen and oxygen atoms in total. The average molecular weight is 431 g/mol. The minimum absolute atomic E-state index is 0.0779. The van der Waals surface area contributed by atoms with Crippen molar-refractivity contribution in [3.05, 3.63) is 77.7 Å². The summed E-state index contributed by atoms with van der Waals surface area (Å²) in [6.07, 6.45) is 0. The molecule has 0 saturated carbocycles.